The number of H-pyrrole nitrogens is 1. The van der Waals surface area contributed by atoms with Gasteiger partial charge in [-0.1, -0.05) is 30.3 Å². The van der Waals surface area contributed by atoms with Gasteiger partial charge in [0, 0.05) is 0 Å². The number of ether oxygens (including phenoxy) is 3. The topological polar surface area (TPSA) is 213 Å². The quantitative estimate of drug-likeness (QED) is 0.153. The molecular formula is C25H32N5O11P. The first-order valence-electron chi connectivity index (χ1n) is 12.9. The Hall–Kier alpha value is -3.50. The van der Waals surface area contributed by atoms with E-state index in [9.17, 15) is 29.2 Å². The number of imidazole rings is 1. The van der Waals surface area contributed by atoms with Gasteiger partial charge in [-0.2, -0.15) is 0 Å². The molecule has 0 radical (unpaired) electrons. The first-order valence-corrected chi connectivity index (χ1v) is 14.5. The number of hydrogen-bond acceptors (Lipinski definition) is 13. The van der Waals surface area contributed by atoms with Crippen molar-refractivity contribution in [2.24, 2.45) is 0 Å². The zero-order valence-corrected chi connectivity index (χ0v) is 24.0. The number of aliphatic hydroxyl groups excluding tert-OH is 1. The van der Waals surface area contributed by atoms with Crippen molar-refractivity contribution in [3.8, 4) is 0 Å². The highest BCUT2D eigenvalue weighted by Gasteiger charge is 2.54. The number of aromatic nitrogens is 4. The normalized spacial score (nSPS) is 23.5. The number of benzene rings is 1. The molecule has 0 saturated carbocycles. The van der Waals surface area contributed by atoms with Crippen LogP contribution in [-0.2, 0) is 44.0 Å². The summed E-state index contributed by atoms with van der Waals surface area (Å²) in [6.07, 6.45) is -2.91. The Morgan fingerprint density at radius 3 is 2.67 bits per heavy atom. The van der Waals surface area contributed by atoms with Crippen LogP contribution in [0.2, 0.25) is 0 Å². The van der Waals surface area contributed by atoms with Gasteiger partial charge in [0.15, 0.2) is 24.0 Å². The van der Waals surface area contributed by atoms with E-state index in [0.29, 0.717) is 5.82 Å². The number of hydrogen-bond donors (Lipinski definition) is 4. The monoisotopic (exact) mass is 609 g/mol. The third-order valence-corrected chi connectivity index (χ3v) is 7.79. The van der Waals surface area contributed by atoms with Gasteiger partial charge in [0.25, 0.3) is 5.56 Å². The second-order valence-electron chi connectivity index (χ2n) is 9.53. The van der Waals surface area contributed by atoms with Gasteiger partial charge in [-0.05, 0) is 26.3 Å². The van der Waals surface area contributed by atoms with Gasteiger partial charge in [0.2, 0.25) is 0 Å². The third kappa shape index (κ3) is 7.28. The van der Waals surface area contributed by atoms with Crippen molar-refractivity contribution in [2.45, 2.75) is 51.4 Å². The second-order valence-corrected chi connectivity index (χ2v) is 11.4. The number of carbonyl (C=O) groups excluding carboxylic acids is 2. The Labute approximate surface area is 239 Å². The maximum absolute atomic E-state index is 13.5. The summed E-state index contributed by atoms with van der Waals surface area (Å²) in [6, 6.07) is 8.85. The molecule has 2 aromatic heterocycles. The second kappa shape index (κ2) is 13.2. The molecule has 1 fully saturated rings. The molecule has 17 heteroatoms. The number of aryl methyl sites for hydroxylation is 1. The molecule has 2 unspecified atom stereocenters. The van der Waals surface area contributed by atoms with Crippen LogP contribution in [0, 0.1) is 6.92 Å². The molecule has 4 N–H and O–H groups in total. The van der Waals surface area contributed by atoms with Crippen LogP contribution >= 0.6 is 7.75 Å². The van der Waals surface area contributed by atoms with E-state index >= 15 is 0 Å². The minimum Gasteiger partial charge on any atom is -0.465 e. The molecule has 1 aliphatic rings. The standard InChI is InChI=1S/C25H32N5O11P/c1-4-37-18(31)10-27-42(36,40-13-19(32)38-11-16-8-6-5-7-9-16)39-12-17-21(33)25(3,35)24(41-17)30-14-26-20-22(30)28-15(2)29-23(20)34/h5-9,14,17,21,24,33,35H,4,10-13H2,1-3H3,(H,27,36)(H,28,29,34)/t17-,21?,24-,25+,42?/m1/s1. The Balaban J connectivity index is 1.44. The molecule has 4 rings (SSSR count). The number of nitrogens with zero attached hydrogens (tertiary/aromatic N) is 3. The van der Waals surface area contributed by atoms with Gasteiger partial charge in [-0.3, -0.25) is 23.2 Å². The van der Waals surface area contributed by atoms with Crippen molar-refractivity contribution < 1.29 is 47.6 Å². The predicted molar refractivity (Wildman–Crippen MR) is 144 cm³/mol. The van der Waals surface area contributed by atoms with Crippen molar-refractivity contribution in [1.29, 1.82) is 0 Å². The van der Waals surface area contributed by atoms with Gasteiger partial charge in [0.05, 0.1) is 19.5 Å². The fraction of sp³-hybridized carbons (Fsp3) is 0.480. The number of aliphatic hydroxyl groups is 2. The van der Waals surface area contributed by atoms with Crippen LogP contribution < -0.4 is 10.6 Å². The van der Waals surface area contributed by atoms with E-state index < -0.39 is 69.0 Å². The van der Waals surface area contributed by atoms with Crippen LogP contribution in [0.3, 0.4) is 0 Å². The van der Waals surface area contributed by atoms with E-state index in [4.69, 9.17) is 23.3 Å². The zero-order chi connectivity index (χ0) is 30.5. The largest absolute Gasteiger partial charge is 0.465 e. The van der Waals surface area contributed by atoms with Crippen molar-refractivity contribution in [1.82, 2.24) is 24.6 Å². The van der Waals surface area contributed by atoms with Crippen LogP contribution in [0.4, 0.5) is 0 Å². The van der Waals surface area contributed by atoms with E-state index in [-0.39, 0.29) is 24.4 Å². The van der Waals surface area contributed by atoms with Crippen molar-refractivity contribution in [3.05, 3.63) is 58.4 Å². The lowest BCUT2D eigenvalue weighted by atomic mass is 9.96. The smallest absolute Gasteiger partial charge is 0.406 e. The number of rotatable bonds is 13. The lowest BCUT2D eigenvalue weighted by molar-refractivity contribution is -0.147. The molecule has 1 aromatic carbocycles. The van der Waals surface area contributed by atoms with Crippen LogP contribution in [0.25, 0.3) is 11.2 Å². The van der Waals surface area contributed by atoms with Crippen LogP contribution in [0.15, 0.2) is 41.5 Å². The van der Waals surface area contributed by atoms with E-state index in [1.165, 1.54) is 17.8 Å². The molecule has 3 aromatic rings. The molecule has 0 amide bonds. The molecule has 0 aliphatic carbocycles. The highest BCUT2D eigenvalue weighted by Crippen LogP contribution is 2.46. The van der Waals surface area contributed by atoms with E-state index in [0.717, 1.165) is 5.56 Å². The van der Waals surface area contributed by atoms with Gasteiger partial charge in [0.1, 0.15) is 36.8 Å². The molecule has 5 atom stereocenters. The maximum atomic E-state index is 13.5. The highest BCUT2D eigenvalue weighted by molar-refractivity contribution is 7.51. The van der Waals surface area contributed by atoms with E-state index in [2.05, 4.69) is 20.0 Å². The Morgan fingerprint density at radius 2 is 1.95 bits per heavy atom. The predicted octanol–water partition coefficient (Wildman–Crippen LogP) is 0.475. The summed E-state index contributed by atoms with van der Waals surface area (Å²) in [5.41, 5.74) is -1.61. The number of nitrogens with one attached hydrogen (secondary N) is 2. The van der Waals surface area contributed by atoms with Gasteiger partial charge in [-0.15, -0.1) is 0 Å². The summed E-state index contributed by atoms with van der Waals surface area (Å²) in [5, 5.41) is 24.3. The molecule has 0 spiro atoms. The molecule has 16 nitrogen and oxygen atoms in total. The van der Waals surface area contributed by atoms with Crippen LogP contribution in [-0.4, -0.2) is 85.8 Å². The number of carbonyl (C=O) groups is 2. The number of fused-ring (bicyclic) bond motifs is 1. The summed E-state index contributed by atoms with van der Waals surface area (Å²) in [5.74, 6) is -1.33. The van der Waals surface area contributed by atoms with Crippen LogP contribution in [0.5, 0.6) is 0 Å². The molecule has 228 valence electrons. The van der Waals surface area contributed by atoms with Gasteiger partial charge >= 0.3 is 19.7 Å². The molecular weight excluding hydrogens is 577 g/mol. The minimum absolute atomic E-state index is 0.00518. The molecule has 1 aliphatic heterocycles. The van der Waals surface area contributed by atoms with Crippen LogP contribution in [0.1, 0.15) is 31.5 Å². The zero-order valence-electron chi connectivity index (χ0n) is 23.1. The minimum atomic E-state index is -4.40. The van der Waals surface area contributed by atoms with Gasteiger partial charge < -0.3 is 29.4 Å². The molecule has 0 bridgehead atoms. The number of aromatic amines is 1. The Bertz CT molecular complexity index is 1510. The summed E-state index contributed by atoms with van der Waals surface area (Å²) in [6.45, 7) is 2.48. The van der Waals surface area contributed by atoms with E-state index in [1.807, 2.05) is 0 Å². The fourth-order valence-corrected chi connectivity index (χ4v) is 5.37. The first kappa shape index (κ1) is 31.4. The number of esters is 2. The molecule has 42 heavy (non-hydrogen) atoms. The molecule has 1 saturated heterocycles. The Morgan fingerprint density at radius 1 is 1.21 bits per heavy atom. The Kier molecular flexibility index (Phi) is 9.89. The summed E-state index contributed by atoms with van der Waals surface area (Å²) in [4.78, 5) is 47.2. The first-order chi connectivity index (χ1) is 19.9. The maximum Gasteiger partial charge on any atom is 0.406 e. The summed E-state index contributed by atoms with van der Waals surface area (Å²) >= 11 is 0. The average molecular weight is 610 g/mol. The van der Waals surface area contributed by atoms with Crippen molar-refractivity contribution in [2.75, 3.05) is 26.4 Å². The summed E-state index contributed by atoms with van der Waals surface area (Å²) < 4.78 is 41.2. The van der Waals surface area contributed by atoms with Crippen molar-refractivity contribution >= 4 is 30.8 Å². The van der Waals surface area contributed by atoms with E-state index in [1.54, 1.807) is 44.2 Å². The van der Waals surface area contributed by atoms with Gasteiger partial charge in [-0.25, -0.2) is 24.4 Å². The molecule has 3 heterocycles. The fourth-order valence-electron chi connectivity index (χ4n) is 4.18. The lowest BCUT2D eigenvalue weighted by Crippen LogP contribution is -2.44. The highest BCUT2D eigenvalue weighted by atomic mass is 31.2. The summed E-state index contributed by atoms with van der Waals surface area (Å²) in [7, 11) is -4.40. The van der Waals surface area contributed by atoms with Crippen molar-refractivity contribution in [3.63, 3.8) is 0 Å². The third-order valence-electron chi connectivity index (χ3n) is 6.28. The average Bonchev–Trinajstić information content (AvgIpc) is 3.47. The lowest BCUT2D eigenvalue weighted by Gasteiger charge is -2.27. The SMILES string of the molecule is CCOC(=O)CNP(=O)(OCC(=O)OCc1ccccc1)OC[C@H]1O[C@@H](n2cnc3c(=O)[nH]c(C)nc32)[C@@](C)(O)C1O.